The van der Waals surface area contributed by atoms with Gasteiger partial charge >= 0.3 is 0 Å². The van der Waals surface area contributed by atoms with Gasteiger partial charge < -0.3 is 35.0 Å². The van der Waals surface area contributed by atoms with Gasteiger partial charge in [0.05, 0.1) is 12.7 Å². The first-order chi connectivity index (χ1) is 10.9. The zero-order valence-corrected chi connectivity index (χ0v) is 12.2. The van der Waals surface area contributed by atoms with Crippen molar-refractivity contribution in [1.82, 2.24) is 0 Å². The molecule has 0 spiro atoms. The first kappa shape index (κ1) is 15.3. The van der Waals surface area contributed by atoms with Crippen LogP contribution in [0.2, 0.25) is 0 Å². The monoisotopic (exact) mass is 320 g/mol. The number of ether oxygens (including phenoxy) is 2. The van der Waals surface area contributed by atoms with Crippen LogP contribution in [-0.2, 0) is 0 Å². The van der Waals surface area contributed by atoms with Gasteiger partial charge in [-0.25, -0.2) is 0 Å². The number of methoxy groups -OCH3 is 1. The molecule has 1 aliphatic rings. The van der Waals surface area contributed by atoms with Crippen molar-refractivity contribution in [3.63, 3.8) is 0 Å². The van der Waals surface area contributed by atoms with Gasteiger partial charge in [-0.1, -0.05) is 6.07 Å². The zero-order valence-electron chi connectivity index (χ0n) is 12.2. The molecular formula is C16H16O7. The molecule has 0 saturated carbocycles. The van der Waals surface area contributed by atoms with E-state index in [1.807, 2.05) is 0 Å². The summed E-state index contributed by atoms with van der Waals surface area (Å²) in [6.45, 7) is 0. The van der Waals surface area contributed by atoms with Crippen LogP contribution in [0.4, 0.5) is 0 Å². The highest BCUT2D eigenvalue weighted by molar-refractivity contribution is 5.53. The van der Waals surface area contributed by atoms with Gasteiger partial charge in [-0.3, -0.25) is 0 Å². The molecule has 0 fully saturated rings. The molecule has 7 nitrogen and oxygen atoms in total. The molecule has 0 radical (unpaired) electrons. The van der Waals surface area contributed by atoms with Gasteiger partial charge in [-0.2, -0.15) is 0 Å². The fraction of sp³-hybridized carbons (Fsp3) is 0.250. The lowest BCUT2D eigenvalue weighted by Gasteiger charge is -2.35. The second-order valence-corrected chi connectivity index (χ2v) is 5.28. The predicted molar refractivity (Wildman–Crippen MR) is 78.8 cm³/mol. The maximum absolute atomic E-state index is 10.3. The normalized spacial score (nSPS) is 23.0. The largest absolute Gasteiger partial charge is 0.507 e. The van der Waals surface area contributed by atoms with Gasteiger partial charge in [-0.15, -0.1) is 0 Å². The molecule has 1 aliphatic heterocycles. The average Bonchev–Trinajstić information content (AvgIpc) is 2.52. The smallest absolute Gasteiger partial charge is 0.157 e. The molecule has 0 saturated heterocycles. The number of phenols is 3. The molecule has 0 unspecified atom stereocenters. The van der Waals surface area contributed by atoms with Crippen LogP contribution in [-0.4, -0.2) is 38.7 Å². The lowest BCUT2D eigenvalue weighted by atomic mass is 9.91. The van der Waals surface area contributed by atoms with Crippen molar-refractivity contribution >= 4 is 0 Å². The Morgan fingerprint density at radius 3 is 2.35 bits per heavy atom. The summed E-state index contributed by atoms with van der Waals surface area (Å²) >= 11 is 0. The number of hydrogen-bond donors (Lipinski definition) is 5. The Hall–Kier alpha value is -2.64. The summed E-state index contributed by atoms with van der Waals surface area (Å²) in [5, 5.41) is 49.5. The standard InChI is InChI=1S/C16H16O7/c1-22-8-5-11(19)13-12(6-8)23-16(15(21)14(13)20)7-2-3-9(17)10(18)4-7/h2-6,14-21H,1H3/t14-,15-,16+/m0/s1. The minimum absolute atomic E-state index is 0.0672. The van der Waals surface area contributed by atoms with Gasteiger partial charge in [0.15, 0.2) is 17.6 Å². The van der Waals surface area contributed by atoms with E-state index in [9.17, 15) is 25.5 Å². The van der Waals surface area contributed by atoms with E-state index >= 15 is 0 Å². The van der Waals surface area contributed by atoms with Gasteiger partial charge in [-0.05, 0) is 17.7 Å². The van der Waals surface area contributed by atoms with Crippen LogP contribution < -0.4 is 9.47 Å². The molecule has 2 aromatic carbocycles. The summed E-state index contributed by atoms with van der Waals surface area (Å²) in [5.74, 6) is -0.432. The summed E-state index contributed by atoms with van der Waals surface area (Å²) in [6.07, 6.45) is -3.74. The van der Waals surface area contributed by atoms with Crippen LogP contribution in [0.5, 0.6) is 28.7 Å². The number of benzene rings is 2. The number of aliphatic hydroxyl groups is 2. The number of aliphatic hydroxyl groups excluding tert-OH is 2. The molecular weight excluding hydrogens is 304 g/mol. The summed E-state index contributed by atoms with van der Waals surface area (Å²) in [4.78, 5) is 0. The molecule has 3 rings (SSSR count). The van der Waals surface area contributed by atoms with E-state index in [1.165, 1.54) is 37.4 Å². The first-order valence-corrected chi connectivity index (χ1v) is 6.88. The van der Waals surface area contributed by atoms with E-state index in [4.69, 9.17) is 9.47 Å². The second-order valence-electron chi connectivity index (χ2n) is 5.28. The zero-order chi connectivity index (χ0) is 16.7. The van der Waals surface area contributed by atoms with Crippen LogP contribution in [0.3, 0.4) is 0 Å². The third kappa shape index (κ3) is 2.49. The number of aromatic hydroxyl groups is 3. The fourth-order valence-electron chi connectivity index (χ4n) is 2.63. The summed E-state index contributed by atoms with van der Waals surface area (Å²) in [6, 6.07) is 6.75. The molecule has 7 heteroatoms. The Balaban J connectivity index is 2.06. The minimum atomic E-state index is -1.38. The van der Waals surface area contributed by atoms with Crippen molar-refractivity contribution in [2.24, 2.45) is 0 Å². The molecule has 1 heterocycles. The molecule has 0 aliphatic carbocycles. The van der Waals surface area contributed by atoms with Crippen molar-refractivity contribution in [2.75, 3.05) is 7.11 Å². The third-order valence-corrected chi connectivity index (χ3v) is 3.84. The van der Waals surface area contributed by atoms with E-state index in [2.05, 4.69) is 0 Å². The van der Waals surface area contributed by atoms with Crippen molar-refractivity contribution < 1.29 is 35.0 Å². The van der Waals surface area contributed by atoms with Crippen LogP contribution in [0.25, 0.3) is 0 Å². The molecule has 0 amide bonds. The van der Waals surface area contributed by atoms with E-state index < -0.39 is 18.3 Å². The summed E-state index contributed by atoms with van der Waals surface area (Å²) in [5.41, 5.74) is 0.428. The molecule has 122 valence electrons. The van der Waals surface area contributed by atoms with Gasteiger partial charge in [0.1, 0.15) is 29.5 Å². The van der Waals surface area contributed by atoms with E-state index in [-0.39, 0.29) is 28.6 Å². The quantitative estimate of drug-likeness (QED) is 0.530. The third-order valence-electron chi connectivity index (χ3n) is 3.84. The number of phenolic OH excluding ortho intramolecular Hbond substituents is 3. The number of rotatable bonds is 2. The van der Waals surface area contributed by atoms with Crippen LogP contribution in [0.1, 0.15) is 23.3 Å². The fourth-order valence-corrected chi connectivity index (χ4v) is 2.63. The molecule has 23 heavy (non-hydrogen) atoms. The van der Waals surface area contributed by atoms with Crippen LogP contribution >= 0.6 is 0 Å². The Morgan fingerprint density at radius 1 is 0.957 bits per heavy atom. The topological polar surface area (TPSA) is 120 Å². The average molecular weight is 320 g/mol. The summed E-state index contributed by atoms with van der Waals surface area (Å²) < 4.78 is 10.7. The van der Waals surface area contributed by atoms with Gasteiger partial charge in [0, 0.05) is 12.1 Å². The van der Waals surface area contributed by atoms with Crippen molar-refractivity contribution in [1.29, 1.82) is 0 Å². The highest BCUT2D eigenvalue weighted by Gasteiger charge is 2.39. The van der Waals surface area contributed by atoms with Crippen LogP contribution in [0.15, 0.2) is 30.3 Å². The first-order valence-electron chi connectivity index (χ1n) is 6.88. The molecule has 5 N–H and O–H groups in total. The van der Waals surface area contributed by atoms with Crippen molar-refractivity contribution in [3.8, 4) is 28.7 Å². The predicted octanol–water partition coefficient (Wildman–Crippen LogP) is 1.34. The van der Waals surface area contributed by atoms with E-state index in [0.29, 0.717) is 11.3 Å². The highest BCUT2D eigenvalue weighted by atomic mass is 16.5. The highest BCUT2D eigenvalue weighted by Crippen LogP contribution is 2.47. The lowest BCUT2D eigenvalue weighted by molar-refractivity contribution is -0.0711. The van der Waals surface area contributed by atoms with Crippen LogP contribution in [0, 0.1) is 0 Å². The molecule has 0 aromatic heterocycles. The maximum atomic E-state index is 10.3. The Labute approximate surface area is 131 Å². The van der Waals surface area contributed by atoms with Gasteiger partial charge in [0.2, 0.25) is 0 Å². The van der Waals surface area contributed by atoms with E-state index in [1.54, 1.807) is 0 Å². The number of fused-ring (bicyclic) bond motifs is 1. The van der Waals surface area contributed by atoms with Gasteiger partial charge in [0.25, 0.3) is 0 Å². The Kier molecular flexibility index (Phi) is 3.67. The Bertz CT molecular complexity index is 743. The minimum Gasteiger partial charge on any atom is -0.507 e. The van der Waals surface area contributed by atoms with E-state index in [0.717, 1.165) is 0 Å². The SMILES string of the molecule is COc1cc(O)c2c(c1)O[C@H](c1ccc(O)c(O)c1)[C@@H](O)[C@H]2O. The molecule has 0 bridgehead atoms. The maximum Gasteiger partial charge on any atom is 0.157 e. The van der Waals surface area contributed by atoms with Crippen molar-refractivity contribution in [2.45, 2.75) is 18.3 Å². The molecule has 2 aromatic rings. The summed E-state index contributed by atoms with van der Waals surface area (Å²) in [7, 11) is 1.42. The number of hydrogen-bond acceptors (Lipinski definition) is 7. The lowest BCUT2D eigenvalue weighted by Crippen LogP contribution is -2.34. The second kappa shape index (κ2) is 5.53. The Morgan fingerprint density at radius 2 is 1.70 bits per heavy atom. The molecule has 3 atom stereocenters. The van der Waals surface area contributed by atoms with Crippen molar-refractivity contribution in [3.05, 3.63) is 41.5 Å².